The zero-order chi connectivity index (χ0) is 16.2. The maximum Gasteiger partial charge on any atom is 0.180 e. The summed E-state index contributed by atoms with van der Waals surface area (Å²) < 4.78 is 0. The first-order valence-electron chi connectivity index (χ1n) is 7.17. The van der Waals surface area contributed by atoms with Crippen molar-refractivity contribution in [1.82, 2.24) is 20.4 Å². The number of nitrogens with zero attached hydrogens (tertiary/aromatic N) is 3. The molecule has 23 heavy (non-hydrogen) atoms. The van der Waals surface area contributed by atoms with Gasteiger partial charge in [0, 0.05) is 5.56 Å². The van der Waals surface area contributed by atoms with Crippen molar-refractivity contribution in [3.8, 4) is 11.3 Å². The molecule has 0 aliphatic carbocycles. The molecule has 0 aliphatic rings. The van der Waals surface area contributed by atoms with E-state index in [0.29, 0.717) is 16.4 Å². The third kappa shape index (κ3) is 2.81. The van der Waals surface area contributed by atoms with Gasteiger partial charge in [-0.25, -0.2) is 0 Å². The predicted octanol–water partition coefficient (Wildman–Crippen LogP) is 4.82. The van der Waals surface area contributed by atoms with Crippen molar-refractivity contribution in [2.24, 2.45) is 0 Å². The highest BCUT2D eigenvalue weighted by atomic mass is 35.5. The van der Waals surface area contributed by atoms with E-state index in [0.717, 1.165) is 22.2 Å². The molecule has 5 heteroatoms. The van der Waals surface area contributed by atoms with Gasteiger partial charge in [-0.05, 0) is 12.5 Å². The van der Waals surface area contributed by atoms with Crippen LogP contribution in [0.15, 0.2) is 61.2 Å². The summed E-state index contributed by atoms with van der Waals surface area (Å²) in [5.74, 6) is 0. The Bertz CT molecular complexity index is 907. The molecule has 0 aliphatic heterocycles. The Morgan fingerprint density at radius 3 is 2.70 bits per heavy atom. The Morgan fingerprint density at radius 2 is 2.00 bits per heavy atom. The zero-order valence-electron chi connectivity index (χ0n) is 12.6. The fraction of sp³-hybridized carbons (Fsp3) is 0.0556. The molecule has 0 amide bonds. The van der Waals surface area contributed by atoms with Gasteiger partial charge in [0.05, 0.1) is 10.4 Å². The molecule has 114 valence electrons. The minimum atomic E-state index is 0.538. The highest BCUT2D eigenvalue weighted by molar-refractivity contribution is 6.38. The average Bonchev–Trinajstić information content (AvgIpc) is 3.02. The van der Waals surface area contributed by atoms with Crippen LogP contribution in [0.5, 0.6) is 0 Å². The lowest BCUT2D eigenvalue weighted by atomic mass is 10.1. The molecule has 0 spiro atoms. The van der Waals surface area contributed by atoms with Gasteiger partial charge < -0.3 is 0 Å². The van der Waals surface area contributed by atoms with Crippen molar-refractivity contribution in [2.75, 3.05) is 0 Å². The van der Waals surface area contributed by atoms with E-state index in [1.807, 2.05) is 55.5 Å². The fourth-order valence-electron chi connectivity index (χ4n) is 2.35. The third-order valence-electron chi connectivity index (χ3n) is 3.47. The predicted molar refractivity (Wildman–Crippen MR) is 95.1 cm³/mol. The minimum absolute atomic E-state index is 0.538. The van der Waals surface area contributed by atoms with Gasteiger partial charge in [0.15, 0.2) is 5.65 Å². The number of hydrogen-bond acceptors (Lipinski definition) is 3. The van der Waals surface area contributed by atoms with Crippen LogP contribution in [0.4, 0.5) is 0 Å². The lowest BCUT2D eigenvalue weighted by Gasteiger charge is -2.05. The molecule has 3 rings (SSSR count). The molecule has 0 atom stereocenters. The number of hydrogen-bond donors (Lipinski definition) is 1. The molecule has 4 nitrogen and oxygen atoms in total. The molecule has 0 fully saturated rings. The Kier molecular flexibility index (Phi) is 4.35. The van der Waals surface area contributed by atoms with Gasteiger partial charge in [0.25, 0.3) is 0 Å². The normalized spacial score (nSPS) is 12.2. The van der Waals surface area contributed by atoms with E-state index >= 15 is 0 Å². The van der Waals surface area contributed by atoms with E-state index in [9.17, 15) is 0 Å². The van der Waals surface area contributed by atoms with E-state index in [1.165, 1.54) is 0 Å². The average molecular weight is 323 g/mol. The number of fused-ring (bicyclic) bond motifs is 1. The Morgan fingerprint density at radius 1 is 1.22 bits per heavy atom. The number of nitrogens with one attached hydrogen (secondary N) is 1. The number of aromatic amines is 1. The summed E-state index contributed by atoms with van der Waals surface area (Å²) in [7, 11) is 0. The quantitative estimate of drug-likeness (QED) is 0.701. The monoisotopic (exact) mass is 322 g/mol. The Balaban J connectivity index is 2.23. The fourth-order valence-corrected chi connectivity index (χ4v) is 2.67. The topological polar surface area (TPSA) is 54.5 Å². The van der Waals surface area contributed by atoms with Crippen LogP contribution in [0, 0.1) is 0 Å². The van der Waals surface area contributed by atoms with Gasteiger partial charge >= 0.3 is 0 Å². The smallest absolute Gasteiger partial charge is 0.180 e. The number of H-pyrrole nitrogens is 1. The van der Waals surface area contributed by atoms with Crippen LogP contribution in [-0.2, 0) is 0 Å². The maximum atomic E-state index is 6.62. The van der Waals surface area contributed by atoms with Crippen LogP contribution in [0.2, 0.25) is 5.02 Å². The van der Waals surface area contributed by atoms with Crippen molar-refractivity contribution < 1.29 is 0 Å². The molecule has 0 radical (unpaired) electrons. The summed E-state index contributed by atoms with van der Waals surface area (Å²) in [5, 5.41) is 17.0. The van der Waals surface area contributed by atoms with Crippen molar-refractivity contribution in [3.05, 3.63) is 71.9 Å². The van der Waals surface area contributed by atoms with Gasteiger partial charge in [0.1, 0.15) is 11.4 Å². The standard InChI is InChI=1S/C18H15ClN4/c1-3-5-9-12(4-2)16-14-15(19)17(13-10-7-6-8-11-13)21-23-18(14)22-20-16/h3-11H,1H2,2H3,(H,20,22,23)/b9-5-,12-4+. The van der Waals surface area contributed by atoms with Crippen LogP contribution < -0.4 is 0 Å². The SMILES string of the molecule is C=C/C=C\C(=C/C)c1n[nH]c2nnc(-c3ccccc3)c(Cl)c12. The summed E-state index contributed by atoms with van der Waals surface area (Å²) in [6.07, 6.45) is 7.47. The highest BCUT2D eigenvalue weighted by Crippen LogP contribution is 2.34. The number of aromatic nitrogens is 4. The maximum absolute atomic E-state index is 6.62. The van der Waals surface area contributed by atoms with E-state index in [1.54, 1.807) is 6.08 Å². The first-order chi connectivity index (χ1) is 11.3. The molecule has 0 saturated heterocycles. The van der Waals surface area contributed by atoms with Crippen molar-refractivity contribution in [1.29, 1.82) is 0 Å². The van der Waals surface area contributed by atoms with Gasteiger partial charge in [-0.15, -0.1) is 10.2 Å². The second-order valence-corrected chi connectivity index (χ2v) is 5.24. The molecule has 0 saturated carbocycles. The number of allylic oxidation sites excluding steroid dienone is 5. The van der Waals surface area contributed by atoms with Crippen molar-refractivity contribution in [3.63, 3.8) is 0 Å². The molecular weight excluding hydrogens is 308 g/mol. The third-order valence-corrected chi connectivity index (χ3v) is 3.84. The zero-order valence-corrected chi connectivity index (χ0v) is 13.4. The molecular formula is C18H15ClN4. The molecule has 2 heterocycles. The van der Waals surface area contributed by atoms with Crippen molar-refractivity contribution >= 4 is 28.2 Å². The van der Waals surface area contributed by atoms with Crippen LogP contribution >= 0.6 is 11.6 Å². The highest BCUT2D eigenvalue weighted by Gasteiger charge is 2.17. The van der Waals surface area contributed by atoms with E-state index < -0.39 is 0 Å². The number of benzene rings is 1. The summed E-state index contributed by atoms with van der Waals surface area (Å²) in [6, 6.07) is 9.74. The summed E-state index contributed by atoms with van der Waals surface area (Å²) in [4.78, 5) is 0. The van der Waals surface area contributed by atoms with E-state index in [-0.39, 0.29) is 0 Å². The largest absolute Gasteiger partial charge is 0.259 e. The molecule has 3 aromatic rings. The van der Waals surface area contributed by atoms with Gasteiger partial charge in [-0.3, -0.25) is 5.10 Å². The van der Waals surface area contributed by atoms with Crippen molar-refractivity contribution in [2.45, 2.75) is 6.92 Å². The molecule has 1 aromatic carbocycles. The number of halogens is 1. The van der Waals surface area contributed by atoms with Gasteiger partial charge in [0.2, 0.25) is 0 Å². The van der Waals surface area contributed by atoms with Crippen LogP contribution in [-0.4, -0.2) is 20.4 Å². The number of rotatable bonds is 4. The second kappa shape index (κ2) is 6.58. The van der Waals surface area contributed by atoms with Crippen LogP contribution in [0.25, 0.3) is 27.9 Å². The van der Waals surface area contributed by atoms with E-state index in [4.69, 9.17) is 11.6 Å². The summed E-state index contributed by atoms with van der Waals surface area (Å²) in [6.45, 7) is 5.64. The van der Waals surface area contributed by atoms with E-state index in [2.05, 4.69) is 27.0 Å². The van der Waals surface area contributed by atoms with Crippen LogP contribution in [0.1, 0.15) is 12.6 Å². The molecule has 1 N–H and O–H groups in total. The van der Waals surface area contributed by atoms with Crippen LogP contribution in [0.3, 0.4) is 0 Å². The first-order valence-corrected chi connectivity index (χ1v) is 7.55. The molecule has 0 bridgehead atoms. The van der Waals surface area contributed by atoms with Gasteiger partial charge in [-0.1, -0.05) is 72.8 Å². The molecule has 2 aromatic heterocycles. The van der Waals surface area contributed by atoms with Gasteiger partial charge in [-0.2, -0.15) is 5.10 Å². The Hall–Kier alpha value is -2.72. The first kappa shape index (κ1) is 15.2. The lowest BCUT2D eigenvalue weighted by Crippen LogP contribution is -1.91. The second-order valence-electron chi connectivity index (χ2n) is 4.86. The lowest BCUT2D eigenvalue weighted by molar-refractivity contribution is 1.02. The molecule has 0 unspecified atom stereocenters. The summed E-state index contributed by atoms with van der Waals surface area (Å²) in [5.41, 5.74) is 3.81. The summed E-state index contributed by atoms with van der Waals surface area (Å²) >= 11 is 6.62. The minimum Gasteiger partial charge on any atom is -0.259 e. The Labute approximate surface area is 139 Å².